The van der Waals surface area contributed by atoms with Gasteiger partial charge in [0, 0.05) is 19.4 Å². The van der Waals surface area contributed by atoms with Crippen molar-refractivity contribution in [2.24, 2.45) is 0 Å². The van der Waals surface area contributed by atoms with Gasteiger partial charge in [-0.2, -0.15) is 5.26 Å². The van der Waals surface area contributed by atoms with E-state index >= 15 is 0 Å². The van der Waals surface area contributed by atoms with Crippen molar-refractivity contribution in [3.8, 4) is 6.07 Å². The zero-order valence-corrected chi connectivity index (χ0v) is 9.05. The molecule has 1 aromatic rings. The topological polar surface area (TPSA) is 69.9 Å². The van der Waals surface area contributed by atoms with Crippen molar-refractivity contribution in [3.63, 3.8) is 0 Å². The molecule has 0 spiro atoms. The van der Waals surface area contributed by atoms with Gasteiger partial charge in [0.15, 0.2) is 0 Å². The lowest BCUT2D eigenvalue weighted by molar-refractivity contribution is 0.0491. The fourth-order valence-corrected chi connectivity index (χ4v) is 1.81. The van der Waals surface area contributed by atoms with Crippen LogP contribution in [-0.2, 0) is 0 Å². The summed E-state index contributed by atoms with van der Waals surface area (Å²) in [4.78, 5) is 21.3. The first kappa shape index (κ1) is 10.6. The van der Waals surface area contributed by atoms with E-state index in [9.17, 15) is 4.79 Å². The van der Waals surface area contributed by atoms with E-state index in [0.717, 1.165) is 19.3 Å². The maximum Gasteiger partial charge on any atom is 0.275 e. The smallest absolute Gasteiger partial charge is 0.275 e. The first-order chi connectivity index (χ1) is 7.69. The second-order valence-corrected chi connectivity index (χ2v) is 3.95. The van der Waals surface area contributed by atoms with Crippen LogP contribution in [0, 0.1) is 11.3 Å². The van der Waals surface area contributed by atoms with Crippen LogP contribution >= 0.6 is 0 Å². The SMILES string of the molecule is CN(C(=O)c1cnccn1)C1(C#N)CCC1. The molecule has 1 aliphatic rings. The molecule has 0 N–H and O–H groups in total. The van der Waals surface area contributed by atoms with Gasteiger partial charge in [0.05, 0.1) is 12.3 Å². The Balaban J connectivity index is 2.20. The molecule has 1 saturated carbocycles. The molecule has 5 heteroatoms. The highest BCUT2D eigenvalue weighted by Crippen LogP contribution is 2.36. The Morgan fingerprint density at radius 2 is 2.31 bits per heavy atom. The highest BCUT2D eigenvalue weighted by Gasteiger charge is 2.43. The Bertz CT molecular complexity index is 433. The number of nitrogens with zero attached hydrogens (tertiary/aromatic N) is 4. The summed E-state index contributed by atoms with van der Waals surface area (Å²) < 4.78 is 0. The second-order valence-electron chi connectivity index (χ2n) is 3.95. The molecule has 0 saturated heterocycles. The summed E-state index contributed by atoms with van der Waals surface area (Å²) in [6, 6.07) is 2.22. The highest BCUT2D eigenvalue weighted by molar-refractivity contribution is 5.92. The first-order valence-electron chi connectivity index (χ1n) is 5.15. The molecule has 0 radical (unpaired) electrons. The summed E-state index contributed by atoms with van der Waals surface area (Å²) in [5.74, 6) is -0.241. The number of aromatic nitrogens is 2. The maximum absolute atomic E-state index is 12.0. The molecule has 0 bridgehead atoms. The Labute approximate surface area is 93.7 Å². The lowest BCUT2D eigenvalue weighted by atomic mass is 9.76. The van der Waals surface area contributed by atoms with Crippen LogP contribution in [0.2, 0.25) is 0 Å². The van der Waals surface area contributed by atoms with Crippen LogP contribution in [-0.4, -0.2) is 33.4 Å². The van der Waals surface area contributed by atoms with Crippen LogP contribution in [0.15, 0.2) is 18.6 Å². The van der Waals surface area contributed by atoms with Crippen LogP contribution in [0.5, 0.6) is 0 Å². The van der Waals surface area contributed by atoms with E-state index < -0.39 is 5.54 Å². The Hall–Kier alpha value is -1.96. The van der Waals surface area contributed by atoms with Crippen LogP contribution < -0.4 is 0 Å². The third-order valence-electron chi connectivity index (χ3n) is 3.12. The normalized spacial score (nSPS) is 17.0. The fraction of sp³-hybridized carbons (Fsp3) is 0.455. The van der Waals surface area contributed by atoms with E-state index in [2.05, 4.69) is 16.0 Å². The summed E-state index contributed by atoms with van der Waals surface area (Å²) in [5, 5.41) is 9.12. The molecule has 0 aromatic carbocycles. The maximum atomic E-state index is 12.0. The summed E-state index contributed by atoms with van der Waals surface area (Å²) in [7, 11) is 1.65. The van der Waals surface area contributed by atoms with Gasteiger partial charge in [0.25, 0.3) is 5.91 Å². The predicted molar refractivity (Wildman–Crippen MR) is 56.3 cm³/mol. The number of nitriles is 1. The molecule has 1 heterocycles. The average molecular weight is 216 g/mol. The zero-order chi connectivity index (χ0) is 11.6. The van der Waals surface area contributed by atoms with Crippen molar-refractivity contribution in [2.45, 2.75) is 24.8 Å². The van der Waals surface area contributed by atoms with Crippen molar-refractivity contribution in [2.75, 3.05) is 7.05 Å². The lowest BCUT2D eigenvalue weighted by Gasteiger charge is -2.42. The number of rotatable bonds is 2. The van der Waals surface area contributed by atoms with Crippen LogP contribution in [0.4, 0.5) is 0 Å². The van der Waals surface area contributed by atoms with E-state index in [1.165, 1.54) is 23.5 Å². The van der Waals surface area contributed by atoms with E-state index in [1.54, 1.807) is 7.05 Å². The molecule has 0 aliphatic heterocycles. The summed E-state index contributed by atoms with van der Waals surface area (Å²) in [6.07, 6.45) is 6.88. The molecule has 0 unspecified atom stereocenters. The van der Waals surface area contributed by atoms with Gasteiger partial charge >= 0.3 is 0 Å². The van der Waals surface area contributed by atoms with Crippen LogP contribution in [0.25, 0.3) is 0 Å². The monoisotopic (exact) mass is 216 g/mol. The average Bonchev–Trinajstić information content (AvgIpc) is 2.28. The van der Waals surface area contributed by atoms with Crippen molar-refractivity contribution in [1.29, 1.82) is 5.26 Å². The van der Waals surface area contributed by atoms with E-state index in [4.69, 9.17) is 5.26 Å². The van der Waals surface area contributed by atoms with Gasteiger partial charge in [0.1, 0.15) is 11.2 Å². The molecular weight excluding hydrogens is 204 g/mol. The molecule has 5 nitrogen and oxygen atoms in total. The summed E-state index contributed by atoms with van der Waals surface area (Å²) in [5.41, 5.74) is -0.347. The number of amides is 1. The number of carbonyl (C=O) groups excluding carboxylic acids is 1. The lowest BCUT2D eigenvalue weighted by Crippen LogP contribution is -2.53. The third-order valence-corrected chi connectivity index (χ3v) is 3.12. The minimum absolute atomic E-state index is 0.241. The molecule has 82 valence electrons. The number of hydrogen-bond acceptors (Lipinski definition) is 4. The van der Waals surface area contributed by atoms with Crippen LogP contribution in [0.3, 0.4) is 0 Å². The molecule has 0 atom stereocenters. The van der Waals surface area contributed by atoms with E-state index in [1.807, 2.05) is 0 Å². The first-order valence-corrected chi connectivity index (χ1v) is 5.15. The Morgan fingerprint density at radius 1 is 1.56 bits per heavy atom. The zero-order valence-electron chi connectivity index (χ0n) is 9.05. The minimum Gasteiger partial charge on any atom is -0.322 e. The van der Waals surface area contributed by atoms with Gasteiger partial charge in [0.2, 0.25) is 0 Å². The van der Waals surface area contributed by atoms with Crippen molar-refractivity contribution >= 4 is 5.91 Å². The minimum atomic E-state index is -0.630. The molecule has 1 aromatic heterocycles. The molecule has 1 fully saturated rings. The summed E-state index contributed by atoms with van der Waals surface area (Å²) >= 11 is 0. The van der Waals surface area contributed by atoms with Crippen molar-refractivity contribution < 1.29 is 4.79 Å². The third kappa shape index (κ3) is 1.52. The summed E-state index contributed by atoms with van der Waals surface area (Å²) in [6.45, 7) is 0. The van der Waals surface area contributed by atoms with Gasteiger partial charge in [-0.3, -0.25) is 9.78 Å². The van der Waals surface area contributed by atoms with E-state index in [0.29, 0.717) is 0 Å². The Kier molecular flexibility index (Phi) is 2.57. The molecule has 2 rings (SSSR count). The number of carbonyl (C=O) groups is 1. The van der Waals surface area contributed by atoms with Crippen LogP contribution in [0.1, 0.15) is 29.8 Å². The van der Waals surface area contributed by atoms with Crippen molar-refractivity contribution in [3.05, 3.63) is 24.3 Å². The Morgan fingerprint density at radius 3 is 2.75 bits per heavy atom. The van der Waals surface area contributed by atoms with Crippen molar-refractivity contribution in [1.82, 2.24) is 14.9 Å². The molecule has 1 aliphatic carbocycles. The van der Waals surface area contributed by atoms with Gasteiger partial charge in [-0.25, -0.2) is 4.98 Å². The molecular formula is C11H12N4O. The molecule has 1 amide bonds. The van der Waals surface area contributed by atoms with Gasteiger partial charge in [-0.05, 0) is 19.3 Å². The standard InChI is InChI=1S/C11H12N4O/c1-15(11(8-12)3-2-4-11)10(16)9-7-13-5-6-14-9/h5-7H,2-4H2,1H3. The fourth-order valence-electron chi connectivity index (χ4n) is 1.81. The second kappa shape index (κ2) is 3.89. The highest BCUT2D eigenvalue weighted by atomic mass is 16.2. The predicted octanol–water partition coefficient (Wildman–Crippen LogP) is 0.995. The van der Waals surface area contributed by atoms with Gasteiger partial charge in [-0.15, -0.1) is 0 Å². The number of hydrogen-bond donors (Lipinski definition) is 0. The quantitative estimate of drug-likeness (QED) is 0.739. The van der Waals surface area contributed by atoms with Gasteiger partial charge in [-0.1, -0.05) is 0 Å². The van der Waals surface area contributed by atoms with E-state index in [-0.39, 0.29) is 11.6 Å². The largest absolute Gasteiger partial charge is 0.322 e. The molecule has 16 heavy (non-hydrogen) atoms. The van der Waals surface area contributed by atoms with Gasteiger partial charge < -0.3 is 4.90 Å².